The third-order valence-electron chi connectivity index (χ3n) is 11.6. The van der Waals surface area contributed by atoms with Gasteiger partial charge in [0.25, 0.3) is 0 Å². The second kappa shape index (κ2) is 12.4. The summed E-state index contributed by atoms with van der Waals surface area (Å²) in [7, 11) is 0. The van der Waals surface area contributed by atoms with E-state index in [0.717, 1.165) is 44.7 Å². The van der Waals surface area contributed by atoms with Crippen molar-refractivity contribution in [2.45, 2.75) is 5.41 Å². The molecule has 0 unspecified atom stereocenters. The van der Waals surface area contributed by atoms with Crippen molar-refractivity contribution >= 4 is 31.5 Å². The number of nitrogens with zero attached hydrogens (tertiary/aromatic N) is 3. The molecule has 0 amide bonds. The Morgan fingerprint density at radius 3 is 1.61 bits per heavy atom. The van der Waals surface area contributed by atoms with Crippen molar-refractivity contribution < 1.29 is 4.74 Å². The maximum absolute atomic E-state index is 6.61. The van der Waals surface area contributed by atoms with E-state index in [9.17, 15) is 0 Å². The largest absolute Gasteiger partial charge is 0.457 e. The fourth-order valence-corrected chi connectivity index (χ4v) is 10.5. The van der Waals surface area contributed by atoms with Gasteiger partial charge in [-0.15, -0.1) is 11.3 Å². The van der Waals surface area contributed by atoms with Gasteiger partial charge in [-0.25, -0.2) is 15.0 Å². The molecular formula is C52H31N3OS. The Balaban J connectivity index is 1.14. The fraction of sp³-hybridized carbons (Fsp3) is 0.0192. The molecule has 2 aliphatic rings. The summed E-state index contributed by atoms with van der Waals surface area (Å²) in [4.78, 5) is 15.4. The lowest BCUT2D eigenvalue weighted by molar-refractivity contribution is 0.436. The second-order valence-corrected chi connectivity index (χ2v) is 15.7. The standard InChI is InChI=1S/C52H31N3OS/c1-3-16-32(17-4-1)49-53-50(33-18-5-2-6-19-33)55-51(54-49)38-31-30-35(48-47(38)37-21-8-14-29-45(37)57-48)34-22-15-26-42-46(34)36-20-7-9-23-39(36)52(42)40-24-10-12-27-43(40)56-44-28-13-11-25-41(44)52/h1-31H. The van der Waals surface area contributed by atoms with Crippen LogP contribution >= 0.6 is 11.3 Å². The average Bonchev–Trinajstić information content (AvgIpc) is 3.82. The third-order valence-corrected chi connectivity index (χ3v) is 12.8. The number of rotatable bonds is 4. The molecule has 5 heteroatoms. The molecule has 0 saturated heterocycles. The first-order valence-electron chi connectivity index (χ1n) is 19.2. The van der Waals surface area contributed by atoms with Crippen molar-refractivity contribution in [3.63, 3.8) is 0 Å². The first kappa shape index (κ1) is 32.1. The van der Waals surface area contributed by atoms with Crippen molar-refractivity contribution in [3.05, 3.63) is 210 Å². The van der Waals surface area contributed by atoms with E-state index in [1.54, 1.807) is 0 Å². The van der Waals surface area contributed by atoms with Gasteiger partial charge in [-0.1, -0.05) is 164 Å². The smallest absolute Gasteiger partial charge is 0.164 e. The van der Waals surface area contributed by atoms with E-state index in [1.807, 2.05) is 47.7 Å². The van der Waals surface area contributed by atoms with Gasteiger partial charge in [0.15, 0.2) is 17.5 Å². The van der Waals surface area contributed by atoms with Crippen LogP contribution in [0.25, 0.3) is 76.6 Å². The molecular weight excluding hydrogens is 715 g/mol. The summed E-state index contributed by atoms with van der Waals surface area (Å²) in [6, 6.07) is 66.5. The van der Waals surface area contributed by atoms with Crippen LogP contribution in [0.15, 0.2) is 188 Å². The van der Waals surface area contributed by atoms with Crippen molar-refractivity contribution in [1.29, 1.82) is 0 Å². The molecule has 57 heavy (non-hydrogen) atoms. The molecule has 3 heterocycles. The summed E-state index contributed by atoms with van der Waals surface area (Å²) in [6.45, 7) is 0. The lowest BCUT2D eigenvalue weighted by atomic mass is 9.66. The molecule has 1 spiro atoms. The SMILES string of the molecule is c1ccc(-c2nc(-c3ccccc3)nc(-c3ccc(-c4cccc5c4-c4ccccc4C54c5ccccc5Oc5ccccc54)c4sc5ccccc5c34)n2)cc1. The highest BCUT2D eigenvalue weighted by Crippen LogP contribution is 2.63. The molecule has 12 rings (SSSR count). The van der Waals surface area contributed by atoms with Crippen LogP contribution in [0.3, 0.4) is 0 Å². The molecule has 2 aromatic heterocycles. The zero-order valence-electron chi connectivity index (χ0n) is 30.6. The van der Waals surface area contributed by atoms with Crippen molar-refractivity contribution in [1.82, 2.24) is 15.0 Å². The van der Waals surface area contributed by atoms with Gasteiger partial charge in [-0.3, -0.25) is 0 Å². The minimum Gasteiger partial charge on any atom is -0.457 e. The Kier molecular flexibility index (Phi) is 6.98. The lowest BCUT2D eigenvalue weighted by Gasteiger charge is -2.39. The number of para-hydroxylation sites is 2. The van der Waals surface area contributed by atoms with Gasteiger partial charge < -0.3 is 4.74 Å². The van der Waals surface area contributed by atoms with E-state index in [2.05, 4.69) is 152 Å². The van der Waals surface area contributed by atoms with Gasteiger partial charge in [0.1, 0.15) is 11.5 Å². The number of fused-ring (bicyclic) bond motifs is 12. The summed E-state index contributed by atoms with van der Waals surface area (Å²) in [5, 5.41) is 2.34. The van der Waals surface area contributed by atoms with E-state index in [0.29, 0.717) is 17.5 Å². The first-order valence-corrected chi connectivity index (χ1v) is 20.0. The molecule has 0 N–H and O–H groups in total. The molecule has 0 atom stereocenters. The van der Waals surface area contributed by atoms with E-state index >= 15 is 0 Å². The zero-order chi connectivity index (χ0) is 37.5. The maximum Gasteiger partial charge on any atom is 0.164 e. The Morgan fingerprint density at radius 1 is 0.386 bits per heavy atom. The van der Waals surface area contributed by atoms with Crippen LogP contribution in [0.1, 0.15) is 22.3 Å². The number of thiophene rings is 1. The highest BCUT2D eigenvalue weighted by Gasteiger charge is 2.51. The van der Waals surface area contributed by atoms with Crippen molar-refractivity contribution in [2.75, 3.05) is 0 Å². The molecule has 4 nitrogen and oxygen atoms in total. The molecule has 1 aliphatic heterocycles. The molecule has 266 valence electrons. The quantitative estimate of drug-likeness (QED) is 0.180. The minimum atomic E-state index is -0.543. The molecule has 1 aliphatic carbocycles. The Morgan fingerprint density at radius 2 is 0.912 bits per heavy atom. The molecule has 0 fully saturated rings. The number of benzene rings is 8. The lowest BCUT2D eigenvalue weighted by Crippen LogP contribution is -2.32. The van der Waals surface area contributed by atoms with E-state index < -0.39 is 5.41 Å². The average molecular weight is 746 g/mol. The van der Waals surface area contributed by atoms with E-state index in [4.69, 9.17) is 19.7 Å². The number of hydrogen-bond acceptors (Lipinski definition) is 5. The van der Waals surface area contributed by atoms with Gasteiger partial charge in [-0.2, -0.15) is 0 Å². The molecule has 0 bridgehead atoms. The Hall–Kier alpha value is -7.21. The zero-order valence-corrected chi connectivity index (χ0v) is 31.4. The molecule has 10 aromatic rings. The van der Waals surface area contributed by atoms with E-state index in [-0.39, 0.29) is 0 Å². The minimum absolute atomic E-state index is 0.543. The highest BCUT2D eigenvalue weighted by molar-refractivity contribution is 7.26. The predicted octanol–water partition coefficient (Wildman–Crippen LogP) is 13.4. The number of aromatic nitrogens is 3. The maximum atomic E-state index is 6.61. The summed E-state index contributed by atoms with van der Waals surface area (Å²) in [6.07, 6.45) is 0. The van der Waals surface area contributed by atoms with Gasteiger partial charge in [0.05, 0.1) is 5.41 Å². The van der Waals surface area contributed by atoms with Crippen LogP contribution in [-0.4, -0.2) is 15.0 Å². The van der Waals surface area contributed by atoms with Gasteiger partial charge in [-0.05, 0) is 52.1 Å². The van der Waals surface area contributed by atoms with Crippen LogP contribution in [0.4, 0.5) is 0 Å². The van der Waals surface area contributed by atoms with Crippen LogP contribution < -0.4 is 4.74 Å². The van der Waals surface area contributed by atoms with E-state index in [1.165, 1.54) is 48.2 Å². The van der Waals surface area contributed by atoms with Crippen molar-refractivity contribution in [3.8, 4) is 67.9 Å². The van der Waals surface area contributed by atoms with Crippen LogP contribution in [0.2, 0.25) is 0 Å². The fourth-order valence-electron chi connectivity index (χ4n) is 9.28. The number of hydrogen-bond donors (Lipinski definition) is 0. The highest BCUT2D eigenvalue weighted by atomic mass is 32.1. The number of ether oxygens (including phenoxy) is 1. The topological polar surface area (TPSA) is 47.9 Å². The summed E-state index contributed by atoms with van der Waals surface area (Å²) < 4.78 is 9.04. The van der Waals surface area contributed by atoms with Gasteiger partial charge in [0.2, 0.25) is 0 Å². The van der Waals surface area contributed by atoms with Crippen molar-refractivity contribution in [2.24, 2.45) is 0 Å². The Bertz CT molecular complexity index is 3120. The molecule has 8 aromatic carbocycles. The third kappa shape index (κ3) is 4.64. The predicted molar refractivity (Wildman–Crippen MR) is 232 cm³/mol. The summed E-state index contributed by atoms with van der Waals surface area (Å²) in [5.41, 5.74) is 12.1. The van der Waals surface area contributed by atoms with Gasteiger partial charge >= 0.3 is 0 Å². The molecule has 0 radical (unpaired) electrons. The van der Waals surface area contributed by atoms with Gasteiger partial charge in [0, 0.05) is 53.6 Å². The normalized spacial score (nSPS) is 13.2. The molecule has 0 saturated carbocycles. The second-order valence-electron chi connectivity index (χ2n) is 14.6. The monoisotopic (exact) mass is 745 g/mol. The summed E-state index contributed by atoms with van der Waals surface area (Å²) in [5.74, 6) is 3.73. The van der Waals surface area contributed by atoms with Crippen LogP contribution in [-0.2, 0) is 5.41 Å². The Labute approximate surface area is 333 Å². The van der Waals surface area contributed by atoms with Crippen LogP contribution in [0, 0.1) is 0 Å². The summed E-state index contributed by atoms with van der Waals surface area (Å²) >= 11 is 1.83. The van der Waals surface area contributed by atoms with Crippen LogP contribution in [0.5, 0.6) is 11.5 Å². The first-order chi connectivity index (χ1) is 28.3.